The number of hydrogen-bond acceptors (Lipinski definition) is 4. The van der Waals surface area contributed by atoms with Crippen LogP contribution in [-0.2, 0) is 5.41 Å². The SMILES string of the molecule is CN=C(NC#N)NC1CCC(CNC(=O)c2ccc(OC)cc2)(c2ccccc2)CC1. The Labute approximate surface area is 183 Å². The molecule has 1 saturated carbocycles. The maximum atomic E-state index is 12.8. The first-order chi connectivity index (χ1) is 15.1. The summed E-state index contributed by atoms with van der Waals surface area (Å²) in [6.07, 6.45) is 5.58. The van der Waals surface area contributed by atoms with Crippen molar-refractivity contribution in [3.05, 3.63) is 65.7 Å². The lowest BCUT2D eigenvalue weighted by atomic mass is 9.68. The maximum Gasteiger partial charge on any atom is 0.251 e. The number of methoxy groups -OCH3 is 1. The van der Waals surface area contributed by atoms with Crippen LogP contribution in [-0.4, -0.2) is 38.6 Å². The largest absolute Gasteiger partial charge is 0.497 e. The third-order valence-electron chi connectivity index (χ3n) is 6.01. The average Bonchev–Trinajstić information content (AvgIpc) is 2.83. The average molecular weight is 420 g/mol. The number of nitrogens with zero attached hydrogens (tertiary/aromatic N) is 2. The molecule has 0 saturated heterocycles. The number of nitrogens with one attached hydrogen (secondary N) is 3. The zero-order valence-electron chi connectivity index (χ0n) is 18.0. The predicted molar refractivity (Wildman–Crippen MR) is 121 cm³/mol. The molecule has 0 atom stereocenters. The first-order valence-corrected chi connectivity index (χ1v) is 10.5. The van der Waals surface area contributed by atoms with E-state index in [2.05, 4.69) is 33.1 Å². The molecule has 1 aliphatic carbocycles. The Balaban J connectivity index is 1.69. The van der Waals surface area contributed by atoms with Crippen molar-refractivity contribution in [1.29, 1.82) is 5.26 Å². The summed E-state index contributed by atoms with van der Waals surface area (Å²) in [6, 6.07) is 17.8. The van der Waals surface area contributed by atoms with Gasteiger partial charge in [-0.3, -0.25) is 15.1 Å². The molecular formula is C24H29N5O2. The number of aliphatic imine (C=N–C) groups is 1. The van der Waals surface area contributed by atoms with Crippen LogP contribution in [0, 0.1) is 11.5 Å². The van der Waals surface area contributed by atoms with Crippen LogP contribution < -0.4 is 20.7 Å². The highest BCUT2D eigenvalue weighted by molar-refractivity contribution is 5.94. The summed E-state index contributed by atoms with van der Waals surface area (Å²) < 4.78 is 5.17. The number of nitriles is 1. The number of carbonyl (C=O) groups excluding carboxylic acids is 1. The fraction of sp³-hybridized carbons (Fsp3) is 0.375. The van der Waals surface area contributed by atoms with Crippen molar-refractivity contribution in [3.63, 3.8) is 0 Å². The quantitative estimate of drug-likeness (QED) is 0.289. The summed E-state index contributed by atoms with van der Waals surface area (Å²) in [7, 11) is 3.26. The predicted octanol–water partition coefficient (Wildman–Crippen LogP) is 2.95. The number of rotatable bonds is 6. The van der Waals surface area contributed by atoms with Gasteiger partial charge >= 0.3 is 0 Å². The van der Waals surface area contributed by atoms with Gasteiger partial charge < -0.3 is 15.4 Å². The van der Waals surface area contributed by atoms with Gasteiger partial charge in [0.05, 0.1) is 7.11 Å². The van der Waals surface area contributed by atoms with Crippen LogP contribution in [0.1, 0.15) is 41.6 Å². The van der Waals surface area contributed by atoms with E-state index >= 15 is 0 Å². The van der Waals surface area contributed by atoms with Gasteiger partial charge in [-0.1, -0.05) is 30.3 Å². The molecule has 1 aliphatic rings. The molecule has 7 heteroatoms. The minimum absolute atomic E-state index is 0.0863. The van der Waals surface area contributed by atoms with Crippen LogP contribution >= 0.6 is 0 Å². The molecule has 2 aromatic carbocycles. The molecule has 0 heterocycles. The zero-order valence-corrected chi connectivity index (χ0v) is 18.0. The van der Waals surface area contributed by atoms with Gasteiger partial charge in [0.1, 0.15) is 5.75 Å². The van der Waals surface area contributed by atoms with Gasteiger partial charge in [-0.15, -0.1) is 0 Å². The Morgan fingerprint density at radius 1 is 1.16 bits per heavy atom. The zero-order chi connectivity index (χ0) is 22.1. The van der Waals surface area contributed by atoms with E-state index < -0.39 is 0 Å². The van der Waals surface area contributed by atoms with Crippen molar-refractivity contribution < 1.29 is 9.53 Å². The van der Waals surface area contributed by atoms with E-state index in [4.69, 9.17) is 10.00 Å². The van der Waals surface area contributed by atoms with Crippen LogP contribution in [0.2, 0.25) is 0 Å². The van der Waals surface area contributed by atoms with E-state index in [9.17, 15) is 4.79 Å². The highest BCUT2D eigenvalue weighted by Crippen LogP contribution is 2.39. The Hall–Kier alpha value is -3.53. The Morgan fingerprint density at radius 3 is 2.42 bits per heavy atom. The van der Waals surface area contributed by atoms with E-state index in [1.54, 1.807) is 38.4 Å². The molecule has 3 N–H and O–H groups in total. The molecule has 0 aromatic heterocycles. The Kier molecular flexibility index (Phi) is 7.50. The Morgan fingerprint density at radius 2 is 1.84 bits per heavy atom. The fourth-order valence-corrected chi connectivity index (χ4v) is 4.17. The second kappa shape index (κ2) is 10.5. The topological polar surface area (TPSA) is 98.5 Å². The second-order valence-electron chi connectivity index (χ2n) is 7.79. The van der Waals surface area contributed by atoms with E-state index in [1.807, 2.05) is 24.4 Å². The lowest BCUT2D eigenvalue weighted by Gasteiger charge is -2.41. The van der Waals surface area contributed by atoms with Gasteiger partial charge in [0.2, 0.25) is 5.96 Å². The molecule has 0 radical (unpaired) electrons. The molecule has 3 rings (SSSR count). The van der Waals surface area contributed by atoms with Gasteiger partial charge in [0.15, 0.2) is 6.19 Å². The molecular weight excluding hydrogens is 390 g/mol. The first kappa shape index (κ1) is 22.2. The van der Waals surface area contributed by atoms with Crippen molar-refractivity contribution in [3.8, 4) is 11.9 Å². The fourth-order valence-electron chi connectivity index (χ4n) is 4.17. The molecule has 31 heavy (non-hydrogen) atoms. The van der Waals surface area contributed by atoms with Crippen LogP contribution in [0.4, 0.5) is 0 Å². The first-order valence-electron chi connectivity index (χ1n) is 10.5. The smallest absolute Gasteiger partial charge is 0.251 e. The normalized spacial score (nSPS) is 20.9. The summed E-state index contributed by atoms with van der Waals surface area (Å²) >= 11 is 0. The second-order valence-corrected chi connectivity index (χ2v) is 7.79. The van der Waals surface area contributed by atoms with Gasteiger partial charge in [0, 0.05) is 30.6 Å². The summed E-state index contributed by atoms with van der Waals surface area (Å²) in [6.45, 7) is 0.569. The van der Waals surface area contributed by atoms with Gasteiger partial charge in [-0.05, 0) is 55.5 Å². The summed E-state index contributed by atoms with van der Waals surface area (Å²) in [5.41, 5.74) is 1.72. The summed E-state index contributed by atoms with van der Waals surface area (Å²) in [5, 5.41) is 17.9. The number of hydrogen-bond donors (Lipinski definition) is 3. The van der Waals surface area contributed by atoms with Crippen molar-refractivity contribution in [2.45, 2.75) is 37.1 Å². The molecule has 0 spiro atoms. The number of benzene rings is 2. The minimum Gasteiger partial charge on any atom is -0.497 e. The van der Waals surface area contributed by atoms with Crippen molar-refractivity contribution >= 4 is 11.9 Å². The molecule has 0 aliphatic heterocycles. The third kappa shape index (κ3) is 5.54. The maximum absolute atomic E-state index is 12.8. The van der Waals surface area contributed by atoms with Gasteiger partial charge in [-0.25, -0.2) is 0 Å². The van der Waals surface area contributed by atoms with Crippen LogP contribution in [0.15, 0.2) is 59.6 Å². The number of ether oxygens (including phenoxy) is 1. The molecule has 162 valence electrons. The number of carbonyl (C=O) groups is 1. The Bertz CT molecular complexity index is 927. The molecule has 1 amide bonds. The number of guanidine groups is 1. The van der Waals surface area contributed by atoms with Gasteiger partial charge in [-0.2, -0.15) is 5.26 Å². The highest BCUT2D eigenvalue weighted by atomic mass is 16.5. The molecule has 0 bridgehead atoms. The van der Waals surface area contributed by atoms with Crippen LogP contribution in [0.5, 0.6) is 5.75 Å². The summed E-state index contributed by atoms with van der Waals surface area (Å²) in [5.74, 6) is 1.13. The van der Waals surface area contributed by atoms with Crippen molar-refractivity contribution in [2.24, 2.45) is 4.99 Å². The van der Waals surface area contributed by atoms with E-state index in [0.717, 1.165) is 31.4 Å². The molecule has 0 unspecified atom stereocenters. The summed E-state index contributed by atoms with van der Waals surface area (Å²) in [4.78, 5) is 16.8. The molecule has 1 fully saturated rings. The minimum atomic E-state index is -0.131. The molecule has 2 aromatic rings. The third-order valence-corrected chi connectivity index (χ3v) is 6.01. The van der Waals surface area contributed by atoms with Crippen LogP contribution in [0.25, 0.3) is 0 Å². The molecule has 7 nitrogen and oxygen atoms in total. The lowest BCUT2D eigenvalue weighted by molar-refractivity contribution is 0.0935. The van der Waals surface area contributed by atoms with Crippen molar-refractivity contribution in [1.82, 2.24) is 16.0 Å². The van der Waals surface area contributed by atoms with Crippen molar-refractivity contribution in [2.75, 3.05) is 20.7 Å². The van der Waals surface area contributed by atoms with E-state index in [-0.39, 0.29) is 17.4 Å². The van der Waals surface area contributed by atoms with Crippen LogP contribution in [0.3, 0.4) is 0 Å². The van der Waals surface area contributed by atoms with E-state index in [0.29, 0.717) is 18.1 Å². The monoisotopic (exact) mass is 419 g/mol. The standard InChI is InChI=1S/C24H29N5O2/c1-26-23(28-17-25)29-20-12-14-24(15-13-20,19-6-4-3-5-7-19)16-27-22(30)18-8-10-21(31-2)11-9-18/h3-11,20H,12-16H2,1-2H3,(H,27,30)(H2,26,28,29). The van der Waals surface area contributed by atoms with E-state index in [1.165, 1.54) is 5.56 Å². The highest BCUT2D eigenvalue weighted by Gasteiger charge is 2.37. The van der Waals surface area contributed by atoms with Gasteiger partial charge in [0.25, 0.3) is 5.91 Å². The lowest BCUT2D eigenvalue weighted by Crippen LogP contribution is -2.49. The number of amides is 1.